The molecule has 0 aliphatic carbocycles. The largest absolute Gasteiger partial charge is 2.00 e. The van der Waals surface area contributed by atoms with Crippen LogP contribution in [0, 0.1) is 27.7 Å². The summed E-state index contributed by atoms with van der Waals surface area (Å²) in [6, 6.07) is 48.9. The molecule has 0 aromatic heterocycles. The van der Waals surface area contributed by atoms with Crippen molar-refractivity contribution in [2.75, 3.05) is 0 Å². The summed E-state index contributed by atoms with van der Waals surface area (Å²) in [4.78, 5) is 9.60. The van der Waals surface area contributed by atoms with Crippen molar-refractivity contribution < 1.29 is 17.1 Å². The Bertz CT molecular complexity index is 1980. The van der Waals surface area contributed by atoms with Crippen LogP contribution in [0.2, 0.25) is 0 Å². The summed E-state index contributed by atoms with van der Waals surface area (Å²) < 4.78 is 2.09. The third kappa shape index (κ3) is 13.9. The van der Waals surface area contributed by atoms with Crippen molar-refractivity contribution in [3.63, 3.8) is 0 Å². The van der Waals surface area contributed by atoms with Crippen LogP contribution in [-0.2, 0) is 17.1 Å². The maximum Gasteiger partial charge on any atom is 2.00 e. The van der Waals surface area contributed by atoms with Crippen LogP contribution < -0.4 is 0 Å². The van der Waals surface area contributed by atoms with E-state index in [4.69, 9.17) is 9.98 Å². The quantitative estimate of drug-likeness (QED) is 0.0973. The SMILES string of the molecule is Cc1ccc(N=C(/C=C\[N-]c2ccc(C)cc2)c2ccc(Br)cc2)cc1.Cc1ccc(N=C(/C=C\[N-]c2ccc(C)cc2)c2ccc(Br)cc2)cc1.[Cu+2]. The maximum atomic E-state index is 4.80. The van der Waals surface area contributed by atoms with Crippen LogP contribution in [0.1, 0.15) is 33.4 Å². The van der Waals surface area contributed by atoms with E-state index in [1.807, 2.05) is 109 Å². The Labute approximate surface area is 341 Å². The maximum absolute atomic E-state index is 4.80. The summed E-state index contributed by atoms with van der Waals surface area (Å²) in [6.45, 7) is 8.28. The molecular weight excluding hydrogens is 832 g/mol. The smallest absolute Gasteiger partial charge is 0.664 e. The first-order valence-electron chi connectivity index (χ1n) is 16.9. The van der Waals surface area contributed by atoms with E-state index in [2.05, 4.69) is 119 Å². The Morgan fingerprint density at radius 3 is 1.00 bits per heavy atom. The number of aliphatic imine (C=N–C) groups is 2. The van der Waals surface area contributed by atoms with Crippen LogP contribution >= 0.6 is 31.9 Å². The minimum absolute atomic E-state index is 0. The zero-order chi connectivity index (χ0) is 36.7. The van der Waals surface area contributed by atoms with Crippen molar-refractivity contribution in [1.29, 1.82) is 0 Å². The molecule has 0 N–H and O–H groups in total. The van der Waals surface area contributed by atoms with Crippen LogP contribution in [0.25, 0.3) is 10.6 Å². The average molecular weight is 872 g/mol. The van der Waals surface area contributed by atoms with Gasteiger partial charge in [0, 0.05) is 20.1 Å². The topological polar surface area (TPSA) is 52.9 Å². The van der Waals surface area contributed by atoms with Gasteiger partial charge in [-0.05, 0) is 76.2 Å². The molecule has 0 saturated heterocycles. The van der Waals surface area contributed by atoms with E-state index in [1.54, 1.807) is 12.4 Å². The van der Waals surface area contributed by atoms with Gasteiger partial charge in [0.15, 0.2) is 0 Å². The van der Waals surface area contributed by atoms with E-state index in [1.165, 1.54) is 22.3 Å². The molecular formula is C46H40Br2CuN4. The first-order valence-corrected chi connectivity index (χ1v) is 18.5. The minimum atomic E-state index is 0. The Hall–Kier alpha value is -4.78. The second-order valence-electron chi connectivity index (χ2n) is 12.2. The first-order chi connectivity index (χ1) is 25.2. The molecule has 0 aliphatic rings. The number of aryl methyl sites for hydroxylation is 4. The molecule has 4 nitrogen and oxygen atoms in total. The van der Waals surface area contributed by atoms with Gasteiger partial charge >= 0.3 is 17.1 Å². The summed E-state index contributed by atoms with van der Waals surface area (Å²) in [7, 11) is 0. The summed E-state index contributed by atoms with van der Waals surface area (Å²) in [6.07, 6.45) is 7.51. The van der Waals surface area contributed by atoms with Crippen LogP contribution in [0.3, 0.4) is 0 Å². The molecule has 0 aliphatic heterocycles. The first kappa shape index (κ1) is 41.0. The van der Waals surface area contributed by atoms with Gasteiger partial charge in [-0.2, -0.15) is 12.4 Å². The molecule has 0 unspecified atom stereocenters. The van der Waals surface area contributed by atoms with Gasteiger partial charge in [0.05, 0.1) is 22.8 Å². The predicted octanol–water partition coefficient (Wildman–Crippen LogP) is 14.8. The molecule has 0 atom stereocenters. The van der Waals surface area contributed by atoms with E-state index in [0.29, 0.717) is 0 Å². The normalized spacial score (nSPS) is 11.5. The number of halogens is 2. The van der Waals surface area contributed by atoms with Crippen molar-refractivity contribution in [3.8, 4) is 0 Å². The number of allylic oxidation sites excluding steroid dienone is 2. The summed E-state index contributed by atoms with van der Waals surface area (Å²) in [5, 5.41) is 9.03. The number of benzene rings is 6. The molecule has 1 radical (unpaired) electrons. The van der Waals surface area contributed by atoms with Gasteiger partial charge in [0.2, 0.25) is 0 Å². The fraction of sp³-hybridized carbons (Fsp3) is 0.0870. The van der Waals surface area contributed by atoms with Crippen LogP contribution in [0.4, 0.5) is 22.7 Å². The third-order valence-corrected chi connectivity index (χ3v) is 8.88. The molecule has 0 spiro atoms. The molecule has 6 aromatic carbocycles. The minimum Gasteiger partial charge on any atom is -0.664 e. The van der Waals surface area contributed by atoms with E-state index in [9.17, 15) is 0 Å². The predicted molar refractivity (Wildman–Crippen MR) is 230 cm³/mol. The van der Waals surface area contributed by atoms with Crippen molar-refractivity contribution in [2.24, 2.45) is 9.98 Å². The van der Waals surface area contributed by atoms with Gasteiger partial charge in [-0.1, -0.05) is 163 Å². The molecule has 269 valence electrons. The van der Waals surface area contributed by atoms with Gasteiger partial charge in [-0.3, -0.25) is 0 Å². The van der Waals surface area contributed by atoms with Gasteiger partial charge in [-0.15, -0.1) is 11.4 Å². The van der Waals surface area contributed by atoms with E-state index in [-0.39, 0.29) is 17.1 Å². The van der Waals surface area contributed by atoms with Gasteiger partial charge in [0.1, 0.15) is 0 Å². The van der Waals surface area contributed by atoms with Gasteiger partial charge in [-0.25, -0.2) is 9.98 Å². The zero-order valence-corrected chi connectivity index (χ0v) is 34.1. The Morgan fingerprint density at radius 2 is 0.698 bits per heavy atom. The number of nitrogens with zero attached hydrogens (tertiary/aromatic N) is 4. The van der Waals surface area contributed by atoms with Gasteiger partial charge in [0.25, 0.3) is 0 Å². The Balaban J connectivity index is 0.000000232. The van der Waals surface area contributed by atoms with E-state index >= 15 is 0 Å². The molecule has 6 rings (SSSR count). The van der Waals surface area contributed by atoms with Crippen LogP contribution in [0.15, 0.2) is 189 Å². The molecule has 53 heavy (non-hydrogen) atoms. The summed E-state index contributed by atoms with van der Waals surface area (Å²) >= 11 is 6.96. The van der Waals surface area contributed by atoms with Crippen molar-refractivity contribution in [3.05, 3.63) is 223 Å². The van der Waals surface area contributed by atoms with Gasteiger partial charge < -0.3 is 10.6 Å². The fourth-order valence-electron chi connectivity index (χ4n) is 4.80. The second kappa shape index (κ2) is 21.1. The number of hydrogen-bond donors (Lipinski definition) is 0. The van der Waals surface area contributed by atoms with Crippen molar-refractivity contribution in [1.82, 2.24) is 0 Å². The summed E-state index contributed by atoms with van der Waals surface area (Å²) in [5.41, 5.74) is 12.4. The van der Waals surface area contributed by atoms with Crippen molar-refractivity contribution in [2.45, 2.75) is 27.7 Å². The third-order valence-electron chi connectivity index (χ3n) is 7.83. The standard InChI is InChI=1S/2C23H20BrN2.Cu/c2*1-17-3-11-21(12-4-17)25-16-15-23(19-7-9-20(24)10-8-19)26-22-13-5-18(2)6-14-22;/h2*3-16H,1-2H3;/q2*-1;+2/b2*16-15-,26-23?;. The Kier molecular flexibility index (Phi) is 16.3. The molecule has 6 aromatic rings. The number of hydrogen-bond acceptors (Lipinski definition) is 2. The summed E-state index contributed by atoms with van der Waals surface area (Å²) in [5.74, 6) is 0. The van der Waals surface area contributed by atoms with Crippen LogP contribution in [-0.4, -0.2) is 11.4 Å². The van der Waals surface area contributed by atoms with E-state index in [0.717, 1.165) is 54.2 Å². The molecule has 0 heterocycles. The van der Waals surface area contributed by atoms with Crippen molar-refractivity contribution >= 4 is 66.0 Å². The molecule has 0 fully saturated rings. The fourth-order valence-corrected chi connectivity index (χ4v) is 5.33. The Morgan fingerprint density at radius 1 is 0.415 bits per heavy atom. The monoisotopic (exact) mass is 869 g/mol. The van der Waals surface area contributed by atoms with E-state index < -0.39 is 0 Å². The zero-order valence-electron chi connectivity index (χ0n) is 30.0. The second-order valence-corrected chi connectivity index (χ2v) is 14.1. The molecule has 0 saturated carbocycles. The average Bonchev–Trinajstić information content (AvgIpc) is 3.15. The molecule has 0 amide bonds. The number of rotatable bonds is 10. The molecule has 0 bridgehead atoms. The molecule has 7 heteroatoms. The van der Waals surface area contributed by atoms with Crippen LogP contribution in [0.5, 0.6) is 0 Å².